The molecule has 1 saturated heterocycles. The third kappa shape index (κ3) is 4.59. The third-order valence-corrected chi connectivity index (χ3v) is 8.04. The molecule has 0 bridgehead atoms. The smallest absolute Gasteiger partial charge is 0.247 e. The first-order chi connectivity index (χ1) is 19.5. The number of carbonyl (C=O) groups is 2. The number of anilines is 4. The minimum atomic E-state index is -0.604. The van der Waals surface area contributed by atoms with Crippen molar-refractivity contribution in [3.63, 3.8) is 0 Å². The maximum Gasteiger partial charge on any atom is 0.247 e. The molecule has 1 saturated carbocycles. The summed E-state index contributed by atoms with van der Waals surface area (Å²) >= 11 is 0. The van der Waals surface area contributed by atoms with E-state index in [1.807, 2.05) is 47.2 Å². The zero-order chi connectivity index (χ0) is 27.2. The Balaban J connectivity index is 1.25. The van der Waals surface area contributed by atoms with Crippen LogP contribution in [0, 0.1) is 0 Å². The van der Waals surface area contributed by atoms with Crippen LogP contribution in [0.2, 0.25) is 0 Å². The number of aromatic nitrogens is 3. The van der Waals surface area contributed by atoms with Gasteiger partial charge in [0.05, 0.1) is 16.7 Å². The highest BCUT2D eigenvalue weighted by Gasteiger charge is 2.32. The van der Waals surface area contributed by atoms with Gasteiger partial charge < -0.3 is 30.7 Å². The van der Waals surface area contributed by atoms with Gasteiger partial charge in [-0.15, -0.1) is 0 Å². The summed E-state index contributed by atoms with van der Waals surface area (Å²) in [6.07, 6.45) is 4.58. The molecule has 4 heterocycles. The fourth-order valence-electron chi connectivity index (χ4n) is 5.79. The highest BCUT2D eigenvalue weighted by atomic mass is 16.2. The van der Waals surface area contributed by atoms with Crippen LogP contribution in [0.25, 0.3) is 22.4 Å². The van der Waals surface area contributed by atoms with Crippen LogP contribution in [0.3, 0.4) is 0 Å². The van der Waals surface area contributed by atoms with E-state index in [1.165, 1.54) is 12.8 Å². The summed E-state index contributed by atoms with van der Waals surface area (Å²) in [5.74, 6) is 1.13. The van der Waals surface area contributed by atoms with Gasteiger partial charge >= 0.3 is 0 Å². The number of benzene rings is 2. The third-order valence-electron chi connectivity index (χ3n) is 8.04. The van der Waals surface area contributed by atoms with Crippen molar-refractivity contribution in [1.82, 2.24) is 14.5 Å². The molecule has 2 amide bonds. The van der Waals surface area contributed by atoms with Gasteiger partial charge in [-0.05, 0) is 67.8 Å². The first kappa shape index (κ1) is 24.4. The predicted octanol–water partition coefficient (Wildman–Crippen LogP) is 3.76. The Bertz CT molecular complexity index is 1590. The zero-order valence-electron chi connectivity index (χ0n) is 22.2. The van der Waals surface area contributed by atoms with E-state index in [4.69, 9.17) is 10.7 Å². The van der Waals surface area contributed by atoms with E-state index in [2.05, 4.69) is 43.6 Å². The number of nitrogens with one attached hydrogen (secondary N) is 2. The number of pyridine rings is 1. The van der Waals surface area contributed by atoms with Gasteiger partial charge in [-0.2, -0.15) is 0 Å². The highest BCUT2D eigenvalue weighted by molar-refractivity contribution is 6.02. The lowest BCUT2D eigenvalue weighted by molar-refractivity contribution is -0.120. The number of fused-ring (bicyclic) bond motifs is 5. The van der Waals surface area contributed by atoms with Crippen LogP contribution < -0.4 is 26.2 Å². The minimum absolute atomic E-state index is 0.112. The molecule has 4 N–H and O–H groups in total. The van der Waals surface area contributed by atoms with Crippen molar-refractivity contribution < 1.29 is 9.59 Å². The van der Waals surface area contributed by atoms with Gasteiger partial charge in [0.1, 0.15) is 17.7 Å². The average Bonchev–Trinajstić information content (AvgIpc) is 3.73. The first-order valence-electron chi connectivity index (χ1n) is 14.0. The largest absolute Gasteiger partial charge is 0.382 e. The van der Waals surface area contributed by atoms with Crippen LogP contribution in [0.5, 0.6) is 0 Å². The Morgan fingerprint density at radius 2 is 1.85 bits per heavy atom. The van der Waals surface area contributed by atoms with Crippen LogP contribution in [-0.4, -0.2) is 58.6 Å². The van der Waals surface area contributed by atoms with Gasteiger partial charge in [-0.3, -0.25) is 9.59 Å². The number of imidazole rings is 1. The molecule has 2 aliphatic heterocycles. The van der Waals surface area contributed by atoms with E-state index < -0.39 is 11.9 Å². The number of nitrogens with two attached hydrogens (primary N) is 1. The van der Waals surface area contributed by atoms with E-state index >= 15 is 0 Å². The second-order valence-corrected chi connectivity index (χ2v) is 10.8. The maximum absolute atomic E-state index is 13.5. The van der Waals surface area contributed by atoms with Gasteiger partial charge in [0, 0.05) is 61.8 Å². The number of hydrogen-bond donors (Lipinski definition) is 3. The van der Waals surface area contributed by atoms with Crippen molar-refractivity contribution in [3.05, 3.63) is 60.8 Å². The van der Waals surface area contributed by atoms with E-state index in [0.29, 0.717) is 12.5 Å². The molecule has 1 atom stereocenters. The minimum Gasteiger partial charge on any atom is -0.382 e. The van der Waals surface area contributed by atoms with Crippen molar-refractivity contribution in [2.75, 3.05) is 46.6 Å². The molecule has 4 aromatic rings. The molecule has 0 radical (unpaired) electrons. The molecule has 2 aromatic heterocycles. The van der Waals surface area contributed by atoms with Crippen molar-refractivity contribution in [3.8, 4) is 11.4 Å². The van der Waals surface area contributed by atoms with Gasteiger partial charge in [-0.25, -0.2) is 9.97 Å². The molecule has 1 aliphatic carbocycles. The Kier molecular flexibility index (Phi) is 6.02. The summed E-state index contributed by atoms with van der Waals surface area (Å²) in [5.41, 5.74) is 10.9. The van der Waals surface area contributed by atoms with Crippen LogP contribution in [0.15, 0.2) is 60.8 Å². The zero-order valence-corrected chi connectivity index (χ0v) is 22.2. The molecule has 10 nitrogen and oxygen atoms in total. The number of rotatable bonds is 7. The second kappa shape index (κ2) is 9.86. The SMILES string of the molecule is NC(=O)CCC1C(=O)Nc2ccc(NC3CC3)cc2-c2nc3cc(N4CCN(c5ccccn5)CC4)ccc3n21. The quantitative estimate of drug-likeness (QED) is 0.329. The number of nitrogens with zero attached hydrogens (tertiary/aromatic N) is 5. The maximum atomic E-state index is 13.5. The standard InChI is InChI=1S/C30H32N8O2/c31-27(39)11-10-26-30(40)35-23-8-6-20(33-19-4-5-19)17-22(23)29-34-24-18-21(7-9-25(24)38(26)29)36-13-15-37(16-14-36)28-3-1-2-12-32-28/h1-3,6-9,12,17-19,26,33H,4-5,10-11,13-16H2,(H2,31,39)(H,35,40). The van der Waals surface area contributed by atoms with Crippen molar-refractivity contribution in [2.45, 2.75) is 37.8 Å². The van der Waals surface area contributed by atoms with Crippen LogP contribution in [-0.2, 0) is 9.59 Å². The van der Waals surface area contributed by atoms with Crippen molar-refractivity contribution >= 4 is 45.7 Å². The molecule has 1 unspecified atom stereocenters. The topological polar surface area (TPSA) is 121 Å². The van der Waals surface area contributed by atoms with Gasteiger partial charge in [0.2, 0.25) is 11.8 Å². The van der Waals surface area contributed by atoms with Crippen LogP contribution >= 0.6 is 0 Å². The molecular weight excluding hydrogens is 504 g/mol. The Morgan fingerprint density at radius 3 is 2.60 bits per heavy atom. The molecular formula is C30H32N8O2. The molecule has 204 valence electrons. The molecule has 40 heavy (non-hydrogen) atoms. The molecule has 2 aromatic carbocycles. The van der Waals surface area contributed by atoms with Gasteiger partial charge in [0.25, 0.3) is 0 Å². The lowest BCUT2D eigenvalue weighted by Gasteiger charge is -2.36. The summed E-state index contributed by atoms with van der Waals surface area (Å²) in [6.45, 7) is 3.51. The number of hydrogen-bond acceptors (Lipinski definition) is 7. The summed E-state index contributed by atoms with van der Waals surface area (Å²) in [6, 6.07) is 18.2. The summed E-state index contributed by atoms with van der Waals surface area (Å²) in [4.78, 5) is 39.5. The van der Waals surface area contributed by atoms with Gasteiger partial charge in [0.15, 0.2) is 0 Å². The van der Waals surface area contributed by atoms with E-state index in [-0.39, 0.29) is 12.3 Å². The average molecular weight is 537 g/mol. The summed E-state index contributed by atoms with van der Waals surface area (Å²) < 4.78 is 1.99. The number of primary amides is 1. The monoisotopic (exact) mass is 536 g/mol. The summed E-state index contributed by atoms with van der Waals surface area (Å²) in [5, 5.41) is 6.63. The fraction of sp³-hybridized carbons (Fsp3) is 0.333. The number of amides is 2. The molecule has 2 fully saturated rings. The van der Waals surface area contributed by atoms with E-state index in [0.717, 1.165) is 71.5 Å². The number of carbonyl (C=O) groups excluding carboxylic acids is 2. The molecule has 0 spiro atoms. The second-order valence-electron chi connectivity index (χ2n) is 10.8. The highest BCUT2D eigenvalue weighted by Crippen LogP contribution is 2.40. The molecule has 10 heteroatoms. The Hall–Kier alpha value is -4.60. The summed E-state index contributed by atoms with van der Waals surface area (Å²) in [7, 11) is 0. The van der Waals surface area contributed by atoms with E-state index in [1.54, 1.807) is 0 Å². The molecule has 7 rings (SSSR count). The lowest BCUT2D eigenvalue weighted by atomic mass is 10.1. The predicted molar refractivity (Wildman–Crippen MR) is 157 cm³/mol. The van der Waals surface area contributed by atoms with Crippen LogP contribution in [0.4, 0.5) is 22.9 Å². The van der Waals surface area contributed by atoms with Crippen molar-refractivity contribution in [2.24, 2.45) is 5.73 Å². The number of piperazine rings is 1. The normalized spacial score (nSPS) is 18.6. The molecule has 3 aliphatic rings. The van der Waals surface area contributed by atoms with Crippen LogP contribution in [0.1, 0.15) is 31.7 Å². The first-order valence-corrected chi connectivity index (χ1v) is 14.0. The fourth-order valence-corrected chi connectivity index (χ4v) is 5.79. The Labute approximate surface area is 232 Å². The lowest BCUT2D eigenvalue weighted by Crippen LogP contribution is -2.46. The Morgan fingerprint density at radius 1 is 1.02 bits per heavy atom. The van der Waals surface area contributed by atoms with E-state index in [9.17, 15) is 9.59 Å². The van der Waals surface area contributed by atoms with Crippen molar-refractivity contribution in [1.29, 1.82) is 0 Å². The van der Waals surface area contributed by atoms with Gasteiger partial charge in [-0.1, -0.05) is 6.07 Å².